The Hall–Kier alpha value is -2.94. The lowest BCUT2D eigenvalue weighted by atomic mass is 10.1. The van der Waals surface area contributed by atoms with Crippen molar-refractivity contribution in [3.05, 3.63) is 64.5 Å². The molecule has 0 fully saturated rings. The minimum absolute atomic E-state index is 0.150. The molecule has 2 aromatic heterocycles. The second-order valence-corrected chi connectivity index (χ2v) is 7.06. The molecule has 1 amide bonds. The van der Waals surface area contributed by atoms with Crippen LogP contribution in [0.5, 0.6) is 0 Å². The molecule has 0 unspecified atom stereocenters. The van der Waals surface area contributed by atoms with Gasteiger partial charge in [-0.25, -0.2) is 9.37 Å². The maximum atomic E-state index is 13.0. The number of aromatic nitrogens is 3. The molecule has 0 radical (unpaired) electrons. The first kappa shape index (κ1) is 17.5. The standard InChI is InChI=1S/C18H15FN4O3S/c19-12-3-1-11(2-4-12)15-7-13(22-26-15)9-21-16(24)8-14-10-27-18-20-6-5-17(25)23(14)18/h1-7,14H,8-10H2,(H,21,24)/t14-/m0/s1. The van der Waals surface area contributed by atoms with E-state index in [1.165, 1.54) is 36.2 Å². The van der Waals surface area contributed by atoms with E-state index in [-0.39, 0.29) is 36.3 Å². The van der Waals surface area contributed by atoms with E-state index in [0.717, 1.165) is 0 Å². The number of thioether (sulfide) groups is 1. The average molecular weight is 386 g/mol. The predicted molar refractivity (Wildman–Crippen MR) is 96.6 cm³/mol. The van der Waals surface area contributed by atoms with Crippen LogP contribution in [-0.4, -0.2) is 26.4 Å². The maximum absolute atomic E-state index is 13.0. The van der Waals surface area contributed by atoms with Gasteiger partial charge in [-0.05, 0) is 24.3 Å². The Balaban J connectivity index is 1.36. The van der Waals surface area contributed by atoms with Crippen molar-refractivity contribution in [1.82, 2.24) is 20.0 Å². The van der Waals surface area contributed by atoms with Gasteiger partial charge in [-0.1, -0.05) is 16.9 Å². The first-order valence-electron chi connectivity index (χ1n) is 8.29. The van der Waals surface area contributed by atoms with Crippen LogP contribution in [0.1, 0.15) is 18.2 Å². The Morgan fingerprint density at radius 3 is 2.96 bits per heavy atom. The second-order valence-electron chi connectivity index (χ2n) is 6.07. The van der Waals surface area contributed by atoms with Crippen molar-refractivity contribution in [3.63, 3.8) is 0 Å². The van der Waals surface area contributed by atoms with Gasteiger partial charge in [0.05, 0.1) is 12.6 Å². The fourth-order valence-corrected chi connectivity index (χ4v) is 3.98. The van der Waals surface area contributed by atoms with Crippen LogP contribution in [-0.2, 0) is 11.3 Å². The van der Waals surface area contributed by atoms with E-state index in [9.17, 15) is 14.0 Å². The molecule has 3 aromatic rings. The number of nitrogens with one attached hydrogen (secondary N) is 1. The normalized spacial score (nSPS) is 15.5. The van der Waals surface area contributed by atoms with Crippen LogP contribution in [0.4, 0.5) is 4.39 Å². The van der Waals surface area contributed by atoms with E-state index in [2.05, 4.69) is 15.5 Å². The molecular weight excluding hydrogens is 371 g/mol. The number of hydrogen-bond donors (Lipinski definition) is 1. The fraction of sp³-hybridized carbons (Fsp3) is 0.222. The monoisotopic (exact) mass is 386 g/mol. The number of nitrogens with zero attached hydrogens (tertiary/aromatic N) is 3. The van der Waals surface area contributed by atoms with Gasteiger partial charge in [0.1, 0.15) is 11.5 Å². The van der Waals surface area contributed by atoms with Crippen molar-refractivity contribution in [1.29, 1.82) is 0 Å². The van der Waals surface area contributed by atoms with Crippen molar-refractivity contribution >= 4 is 17.7 Å². The lowest BCUT2D eigenvalue weighted by molar-refractivity contribution is -0.121. The van der Waals surface area contributed by atoms with Gasteiger partial charge in [0.15, 0.2) is 10.9 Å². The summed E-state index contributed by atoms with van der Waals surface area (Å²) in [6.45, 7) is 0.207. The third kappa shape index (κ3) is 3.77. The number of carbonyl (C=O) groups excluding carboxylic acids is 1. The number of amides is 1. The minimum atomic E-state index is -0.327. The summed E-state index contributed by atoms with van der Waals surface area (Å²) in [5, 5.41) is 7.34. The number of fused-ring (bicyclic) bond motifs is 1. The lowest BCUT2D eigenvalue weighted by Crippen LogP contribution is -2.30. The second kappa shape index (κ2) is 7.36. The Morgan fingerprint density at radius 2 is 2.15 bits per heavy atom. The molecular formula is C18H15FN4O3S. The smallest absolute Gasteiger partial charge is 0.254 e. The molecule has 1 aliphatic heterocycles. The molecule has 0 saturated carbocycles. The number of halogens is 1. The molecule has 0 spiro atoms. The topological polar surface area (TPSA) is 90.0 Å². The first-order chi connectivity index (χ1) is 13.1. The van der Waals surface area contributed by atoms with Crippen molar-refractivity contribution < 1.29 is 13.7 Å². The van der Waals surface area contributed by atoms with E-state index in [0.29, 0.717) is 27.9 Å². The maximum Gasteiger partial charge on any atom is 0.254 e. The Kier molecular flexibility index (Phi) is 4.76. The van der Waals surface area contributed by atoms with Gasteiger partial charge in [0, 0.05) is 36.1 Å². The van der Waals surface area contributed by atoms with E-state index in [1.807, 2.05) is 0 Å². The summed E-state index contributed by atoms with van der Waals surface area (Å²) in [7, 11) is 0. The number of hydrogen-bond acceptors (Lipinski definition) is 6. The van der Waals surface area contributed by atoms with Crippen LogP contribution in [0.2, 0.25) is 0 Å². The molecule has 0 saturated heterocycles. The average Bonchev–Trinajstić information content (AvgIpc) is 3.29. The Morgan fingerprint density at radius 1 is 1.33 bits per heavy atom. The highest BCUT2D eigenvalue weighted by atomic mass is 32.2. The fourth-order valence-electron chi connectivity index (χ4n) is 2.86. The zero-order valence-electron chi connectivity index (χ0n) is 14.1. The highest BCUT2D eigenvalue weighted by molar-refractivity contribution is 7.99. The van der Waals surface area contributed by atoms with E-state index >= 15 is 0 Å². The predicted octanol–water partition coefficient (Wildman–Crippen LogP) is 2.39. The molecule has 27 heavy (non-hydrogen) atoms. The van der Waals surface area contributed by atoms with Crippen LogP contribution in [0.15, 0.2) is 57.1 Å². The third-order valence-electron chi connectivity index (χ3n) is 4.19. The van der Waals surface area contributed by atoms with E-state index in [4.69, 9.17) is 4.52 Å². The molecule has 1 N–H and O–H groups in total. The Labute approximate surface area is 157 Å². The number of rotatable bonds is 5. The molecule has 1 aromatic carbocycles. The lowest BCUT2D eigenvalue weighted by Gasteiger charge is -2.12. The summed E-state index contributed by atoms with van der Waals surface area (Å²) in [6.07, 6.45) is 1.67. The van der Waals surface area contributed by atoms with Crippen LogP contribution in [0, 0.1) is 5.82 Å². The van der Waals surface area contributed by atoms with Gasteiger partial charge in [-0.15, -0.1) is 0 Å². The van der Waals surface area contributed by atoms with Crippen LogP contribution in [0.3, 0.4) is 0 Å². The molecule has 9 heteroatoms. The highest BCUT2D eigenvalue weighted by Crippen LogP contribution is 2.31. The van der Waals surface area contributed by atoms with E-state index < -0.39 is 0 Å². The summed E-state index contributed by atoms with van der Waals surface area (Å²) in [5.74, 6) is 0.624. The van der Waals surface area contributed by atoms with Crippen LogP contribution >= 0.6 is 11.8 Å². The molecule has 1 aliphatic rings. The van der Waals surface area contributed by atoms with Crippen LogP contribution < -0.4 is 10.9 Å². The minimum Gasteiger partial charge on any atom is -0.356 e. The summed E-state index contributed by atoms with van der Waals surface area (Å²) < 4.78 is 19.8. The zero-order chi connectivity index (χ0) is 18.8. The van der Waals surface area contributed by atoms with Gasteiger partial charge in [-0.2, -0.15) is 0 Å². The van der Waals surface area contributed by atoms with Gasteiger partial charge >= 0.3 is 0 Å². The van der Waals surface area contributed by atoms with Crippen molar-refractivity contribution in [2.45, 2.75) is 24.2 Å². The van der Waals surface area contributed by atoms with Crippen molar-refractivity contribution in [2.24, 2.45) is 0 Å². The molecule has 4 rings (SSSR count). The SMILES string of the molecule is O=C(C[C@H]1CSc2nccc(=O)n21)NCc1cc(-c2ccc(F)cc2)on1. The highest BCUT2D eigenvalue weighted by Gasteiger charge is 2.26. The summed E-state index contributed by atoms with van der Waals surface area (Å²) in [6, 6.07) is 8.76. The molecule has 0 aliphatic carbocycles. The van der Waals surface area contributed by atoms with Crippen molar-refractivity contribution in [3.8, 4) is 11.3 Å². The molecule has 7 nitrogen and oxygen atoms in total. The largest absolute Gasteiger partial charge is 0.356 e. The zero-order valence-corrected chi connectivity index (χ0v) is 14.9. The summed E-state index contributed by atoms with van der Waals surface area (Å²) in [4.78, 5) is 28.4. The quantitative estimate of drug-likeness (QED) is 0.677. The summed E-state index contributed by atoms with van der Waals surface area (Å²) >= 11 is 1.47. The molecule has 1 atom stereocenters. The van der Waals surface area contributed by atoms with E-state index in [1.54, 1.807) is 22.8 Å². The number of carbonyl (C=O) groups is 1. The summed E-state index contributed by atoms with van der Waals surface area (Å²) in [5.41, 5.74) is 1.11. The molecule has 0 bridgehead atoms. The van der Waals surface area contributed by atoms with Crippen molar-refractivity contribution in [2.75, 3.05) is 5.75 Å². The van der Waals surface area contributed by atoms with Gasteiger partial charge in [0.25, 0.3) is 5.56 Å². The van der Waals surface area contributed by atoms with Gasteiger partial charge < -0.3 is 9.84 Å². The molecule has 3 heterocycles. The van der Waals surface area contributed by atoms with Gasteiger partial charge in [-0.3, -0.25) is 14.2 Å². The van der Waals surface area contributed by atoms with Crippen LogP contribution in [0.25, 0.3) is 11.3 Å². The third-order valence-corrected chi connectivity index (χ3v) is 5.30. The first-order valence-corrected chi connectivity index (χ1v) is 9.27. The molecule has 138 valence electrons. The Bertz CT molecular complexity index is 1030. The number of benzene rings is 1. The van der Waals surface area contributed by atoms with Gasteiger partial charge in [0.2, 0.25) is 5.91 Å².